The molecule has 1 aromatic carbocycles. The van der Waals surface area contributed by atoms with Crippen LogP contribution in [0.1, 0.15) is 73.8 Å². The van der Waals surface area contributed by atoms with Crippen molar-refractivity contribution in [1.82, 2.24) is 39.5 Å². The number of piperidine rings is 1. The third-order valence-electron chi connectivity index (χ3n) is 12.4. The first-order chi connectivity index (χ1) is 28.0. The lowest BCUT2D eigenvalue weighted by atomic mass is 10.0. The molecule has 0 unspecified atom stereocenters. The van der Waals surface area contributed by atoms with Crippen molar-refractivity contribution >= 4 is 68.6 Å². The van der Waals surface area contributed by atoms with Gasteiger partial charge in [0, 0.05) is 88.3 Å². The number of nitrogens with zero attached hydrogens (tertiary/aromatic N) is 10. The number of hydrogen-bond acceptors (Lipinski definition) is 12. The van der Waals surface area contributed by atoms with E-state index in [2.05, 4.69) is 40.4 Å². The van der Waals surface area contributed by atoms with Crippen LogP contribution >= 0.6 is 0 Å². The Morgan fingerprint density at radius 2 is 1.64 bits per heavy atom. The lowest BCUT2D eigenvalue weighted by molar-refractivity contribution is -0.120. The van der Waals surface area contributed by atoms with Crippen molar-refractivity contribution in [2.24, 2.45) is 7.05 Å². The van der Waals surface area contributed by atoms with Gasteiger partial charge < -0.3 is 15.1 Å². The SMILES string of the molecule is CC(=O)c1c(C)c2cnc(Nc3ccc(N4CCC(N5CCN(c6cc(F)cc7c(N8CCC(=O)NC8=O)nn(C)c67)CC5)CC4)cn3)nc2n(C2CCCC2)c1=O. The van der Waals surface area contributed by atoms with Gasteiger partial charge in [0.2, 0.25) is 11.9 Å². The molecule has 0 bridgehead atoms. The third kappa shape index (κ3) is 6.80. The van der Waals surface area contributed by atoms with Crippen LogP contribution in [0.3, 0.4) is 0 Å². The topological polar surface area (TPSA) is 167 Å². The Labute approximate surface area is 334 Å². The van der Waals surface area contributed by atoms with E-state index >= 15 is 4.39 Å². The molecule has 7 heterocycles. The molecule has 4 aliphatic rings. The van der Waals surface area contributed by atoms with Crippen molar-refractivity contribution in [2.75, 3.05) is 65.8 Å². The molecule has 1 saturated carbocycles. The fourth-order valence-corrected chi connectivity index (χ4v) is 9.44. The van der Waals surface area contributed by atoms with E-state index in [1.807, 2.05) is 18.3 Å². The molecule has 3 amide bonds. The molecule has 0 atom stereocenters. The van der Waals surface area contributed by atoms with E-state index in [0.29, 0.717) is 45.6 Å². The summed E-state index contributed by atoms with van der Waals surface area (Å²) in [6.45, 7) is 8.36. The normalized spacial score (nSPS) is 18.8. The minimum Gasteiger partial charge on any atom is -0.370 e. The highest BCUT2D eigenvalue weighted by Gasteiger charge is 2.32. The van der Waals surface area contributed by atoms with E-state index in [-0.39, 0.29) is 41.8 Å². The molecule has 3 saturated heterocycles. The second kappa shape index (κ2) is 15.1. The highest BCUT2D eigenvalue weighted by molar-refractivity contribution is 6.10. The van der Waals surface area contributed by atoms with Gasteiger partial charge in [0.15, 0.2) is 11.6 Å². The van der Waals surface area contributed by atoms with Gasteiger partial charge in [-0.05, 0) is 69.4 Å². The number of urea groups is 1. The standard InChI is InChI=1S/C41H47FN12O4/c1-24-31-23-44-40(47-37(31)54(28-6-4-5-7-28)39(57)35(24)25(2)55)45-33-9-8-29(22-43-33)50-13-10-27(11-14-50)51-16-18-52(19-17-51)32-21-26(42)20-30-36(32)49(3)48-38(30)53-15-12-34(56)46-41(53)58/h8-9,20-23,27-28H,4-7,10-19H2,1-3H3,(H,46,56,58)(H,43,44,45,47). The van der Waals surface area contributed by atoms with Gasteiger partial charge in [-0.15, -0.1) is 0 Å². The first kappa shape index (κ1) is 37.6. The van der Waals surface area contributed by atoms with Gasteiger partial charge >= 0.3 is 6.03 Å². The average molecular weight is 791 g/mol. The lowest BCUT2D eigenvalue weighted by Gasteiger charge is -2.43. The Balaban J connectivity index is 0.829. The molecule has 5 aromatic rings. The summed E-state index contributed by atoms with van der Waals surface area (Å²) >= 11 is 0. The summed E-state index contributed by atoms with van der Waals surface area (Å²) in [4.78, 5) is 72.9. The van der Waals surface area contributed by atoms with Crippen molar-refractivity contribution < 1.29 is 18.8 Å². The summed E-state index contributed by atoms with van der Waals surface area (Å²) in [6.07, 6.45) is 9.56. The number of aryl methyl sites for hydroxylation is 2. The number of Topliss-reactive ketones (excluding diaryl/α,β-unsaturated/α-hetero) is 1. The molecule has 9 rings (SSSR count). The molecule has 1 aliphatic carbocycles. The number of carbonyl (C=O) groups excluding carboxylic acids is 3. The highest BCUT2D eigenvalue weighted by atomic mass is 19.1. The number of fused-ring (bicyclic) bond motifs is 2. The predicted octanol–water partition coefficient (Wildman–Crippen LogP) is 4.82. The largest absolute Gasteiger partial charge is 0.370 e. The second-order valence-corrected chi connectivity index (χ2v) is 15.9. The summed E-state index contributed by atoms with van der Waals surface area (Å²) in [7, 11) is 1.80. The fourth-order valence-electron chi connectivity index (χ4n) is 9.44. The van der Waals surface area contributed by atoms with E-state index in [4.69, 9.17) is 4.98 Å². The maximum absolute atomic E-state index is 15.1. The predicted molar refractivity (Wildman–Crippen MR) is 219 cm³/mol. The number of anilines is 5. The molecule has 58 heavy (non-hydrogen) atoms. The molecular weight excluding hydrogens is 744 g/mol. The zero-order valence-electron chi connectivity index (χ0n) is 33.0. The minimum atomic E-state index is -0.547. The van der Waals surface area contributed by atoms with Gasteiger partial charge in [-0.1, -0.05) is 12.8 Å². The van der Waals surface area contributed by atoms with Crippen LogP contribution in [0.4, 0.5) is 38.1 Å². The van der Waals surface area contributed by atoms with Gasteiger partial charge in [0.05, 0.1) is 28.7 Å². The minimum absolute atomic E-state index is 0.00338. The number of nitrogens with one attached hydrogen (secondary N) is 2. The number of imide groups is 1. The summed E-state index contributed by atoms with van der Waals surface area (Å²) in [5.74, 6) is 0.306. The van der Waals surface area contributed by atoms with E-state index in [1.165, 1.54) is 17.9 Å². The number of benzene rings is 1. The Kier molecular flexibility index (Phi) is 9.78. The number of halogens is 1. The van der Waals surface area contributed by atoms with Crippen molar-refractivity contribution in [3.05, 3.63) is 64.0 Å². The number of hydrogen-bond donors (Lipinski definition) is 2. The second-order valence-electron chi connectivity index (χ2n) is 15.9. The smallest absolute Gasteiger partial charge is 0.329 e. The van der Waals surface area contributed by atoms with Crippen LogP contribution in [0.2, 0.25) is 0 Å². The molecular formula is C41H47FN12O4. The number of amides is 3. The molecule has 4 aromatic heterocycles. The van der Waals surface area contributed by atoms with E-state index in [9.17, 15) is 19.2 Å². The first-order valence-electron chi connectivity index (χ1n) is 20.2. The monoisotopic (exact) mass is 790 g/mol. The van der Waals surface area contributed by atoms with Crippen molar-refractivity contribution in [3.8, 4) is 0 Å². The van der Waals surface area contributed by atoms with Gasteiger partial charge in [-0.25, -0.2) is 19.2 Å². The maximum Gasteiger partial charge on any atom is 0.329 e. The number of carbonyl (C=O) groups is 3. The Morgan fingerprint density at radius 3 is 2.33 bits per heavy atom. The van der Waals surface area contributed by atoms with Crippen LogP contribution in [-0.4, -0.2) is 104 Å². The van der Waals surface area contributed by atoms with E-state index in [0.717, 1.165) is 94.7 Å². The first-order valence-corrected chi connectivity index (χ1v) is 20.2. The van der Waals surface area contributed by atoms with Crippen molar-refractivity contribution in [1.29, 1.82) is 0 Å². The number of pyridine rings is 2. The number of piperazine rings is 1. The summed E-state index contributed by atoms with van der Waals surface area (Å²) in [5.41, 5.74) is 3.63. The van der Waals surface area contributed by atoms with E-state index < -0.39 is 11.8 Å². The zero-order valence-corrected chi connectivity index (χ0v) is 33.0. The zero-order chi connectivity index (χ0) is 40.2. The number of aromatic nitrogens is 6. The van der Waals surface area contributed by atoms with Gasteiger partial charge in [-0.2, -0.15) is 10.1 Å². The molecule has 4 fully saturated rings. The fraction of sp³-hybridized carbons (Fsp3) is 0.463. The third-order valence-corrected chi connectivity index (χ3v) is 12.4. The van der Waals surface area contributed by atoms with E-state index in [1.54, 1.807) is 35.5 Å². The summed E-state index contributed by atoms with van der Waals surface area (Å²) in [5, 5.41) is 11.4. The molecule has 3 aliphatic heterocycles. The number of rotatable bonds is 8. The van der Waals surface area contributed by atoms with Crippen LogP contribution in [0, 0.1) is 12.7 Å². The van der Waals surface area contributed by atoms with Crippen LogP contribution in [0.25, 0.3) is 21.9 Å². The lowest BCUT2D eigenvalue weighted by Crippen LogP contribution is -2.53. The summed E-state index contributed by atoms with van der Waals surface area (Å²) < 4.78 is 18.5. The molecule has 0 spiro atoms. The molecule has 16 nitrogen and oxygen atoms in total. The summed E-state index contributed by atoms with van der Waals surface area (Å²) in [6, 6.07) is 6.82. The van der Waals surface area contributed by atoms with Crippen LogP contribution in [0.5, 0.6) is 0 Å². The van der Waals surface area contributed by atoms with Crippen LogP contribution in [0.15, 0.2) is 41.5 Å². The molecule has 302 valence electrons. The Bertz CT molecular complexity index is 2500. The van der Waals surface area contributed by atoms with Crippen LogP contribution in [-0.2, 0) is 11.8 Å². The van der Waals surface area contributed by atoms with Crippen molar-refractivity contribution in [2.45, 2.75) is 70.9 Å². The van der Waals surface area contributed by atoms with Gasteiger partial charge in [0.1, 0.15) is 17.3 Å². The molecule has 0 radical (unpaired) electrons. The number of ketones is 1. The molecule has 2 N–H and O–H groups in total. The Hall–Kier alpha value is -5.97. The van der Waals surface area contributed by atoms with Crippen molar-refractivity contribution in [3.63, 3.8) is 0 Å². The van der Waals surface area contributed by atoms with Gasteiger partial charge in [-0.3, -0.25) is 38.7 Å². The van der Waals surface area contributed by atoms with Gasteiger partial charge in [0.25, 0.3) is 5.56 Å². The highest BCUT2D eigenvalue weighted by Crippen LogP contribution is 2.36. The quantitative estimate of drug-likeness (QED) is 0.206. The average Bonchev–Trinajstić information content (AvgIpc) is 3.86. The molecule has 17 heteroatoms. The Morgan fingerprint density at radius 1 is 0.879 bits per heavy atom. The van der Waals surface area contributed by atoms with Crippen LogP contribution < -0.4 is 30.9 Å². The maximum atomic E-state index is 15.1.